The summed E-state index contributed by atoms with van der Waals surface area (Å²) in [4.78, 5) is 42.9. The van der Waals surface area contributed by atoms with Gasteiger partial charge in [-0.2, -0.15) is 0 Å². The molecule has 6 rings (SSSR count). The lowest BCUT2D eigenvalue weighted by Crippen LogP contribution is -2.50. The number of carbonyl (C=O) groups excluding carboxylic acids is 3. The first-order valence-electron chi connectivity index (χ1n) is 13.5. The molecule has 0 radical (unpaired) electrons. The summed E-state index contributed by atoms with van der Waals surface area (Å²) in [5.74, 6) is 1.06. The number of cyclic esters (lactones) is 1. The van der Waals surface area contributed by atoms with Crippen LogP contribution >= 0.6 is 0 Å². The third-order valence-corrected chi connectivity index (χ3v) is 8.49. The Balaban J connectivity index is 1.10. The highest BCUT2D eigenvalue weighted by atomic mass is 16.6. The monoisotopic (exact) mass is 519 g/mol. The summed E-state index contributed by atoms with van der Waals surface area (Å²) in [5.41, 5.74) is 2.40. The normalized spacial score (nSPS) is 25.0. The van der Waals surface area contributed by atoms with Gasteiger partial charge in [-0.1, -0.05) is 18.2 Å². The third kappa shape index (κ3) is 4.44. The molecule has 0 aliphatic carbocycles. The standard InChI is InChI=1S/C29H33N3O6/c1-36-27-16-23(38-24-14-21-6-7-22(15-24)31(21)18-33)8-9-25(27)28(34)30-12-10-20(11-13-30)32-26-5-3-2-4-19(26)17-37-29(32)35/h2-5,8-9,16,18,20-22,24H,6-7,10-15,17H2,1H3/t21-,22?,24?/m1/s1. The van der Waals surface area contributed by atoms with Gasteiger partial charge in [0.1, 0.15) is 24.2 Å². The van der Waals surface area contributed by atoms with Gasteiger partial charge in [0.15, 0.2) is 0 Å². The quantitative estimate of drug-likeness (QED) is 0.537. The SMILES string of the molecule is COc1cc(OC2CC3CC[C@H](C2)N3C=O)ccc1C(=O)N1CCC(N2C(=O)OCc3ccccc32)CC1. The molecule has 2 unspecified atom stereocenters. The molecule has 4 aliphatic rings. The van der Waals surface area contributed by atoms with E-state index in [9.17, 15) is 14.4 Å². The van der Waals surface area contributed by atoms with Crippen molar-refractivity contribution < 1.29 is 28.6 Å². The largest absolute Gasteiger partial charge is 0.496 e. The van der Waals surface area contributed by atoms with Crippen molar-refractivity contribution in [1.82, 2.24) is 9.80 Å². The molecule has 0 aromatic heterocycles. The van der Waals surface area contributed by atoms with E-state index < -0.39 is 0 Å². The molecule has 3 saturated heterocycles. The zero-order chi connectivity index (χ0) is 26.2. The summed E-state index contributed by atoms with van der Waals surface area (Å²) in [6, 6.07) is 13.7. The van der Waals surface area contributed by atoms with Crippen molar-refractivity contribution in [3.05, 3.63) is 53.6 Å². The molecule has 0 saturated carbocycles. The van der Waals surface area contributed by atoms with Gasteiger partial charge in [-0.3, -0.25) is 14.5 Å². The zero-order valence-corrected chi connectivity index (χ0v) is 21.6. The van der Waals surface area contributed by atoms with E-state index in [-0.39, 0.29) is 36.2 Å². The van der Waals surface area contributed by atoms with Gasteiger partial charge in [0.25, 0.3) is 5.91 Å². The van der Waals surface area contributed by atoms with Crippen LogP contribution < -0.4 is 14.4 Å². The number of likely N-dealkylation sites (tertiary alicyclic amines) is 1. The summed E-state index contributed by atoms with van der Waals surface area (Å²) in [6.07, 6.45) is 5.73. The number of benzene rings is 2. The molecule has 0 N–H and O–H groups in total. The Morgan fingerprint density at radius 2 is 1.74 bits per heavy atom. The Kier molecular flexibility index (Phi) is 6.59. The summed E-state index contributed by atoms with van der Waals surface area (Å²) in [6.45, 7) is 1.37. The molecule has 2 aromatic carbocycles. The van der Waals surface area contributed by atoms with Crippen LogP contribution in [0.25, 0.3) is 0 Å². The topological polar surface area (TPSA) is 88.6 Å². The molecule has 3 amide bonds. The maximum Gasteiger partial charge on any atom is 0.414 e. The number of amides is 3. The smallest absolute Gasteiger partial charge is 0.414 e. The van der Waals surface area contributed by atoms with Crippen LogP contribution in [0.1, 0.15) is 54.4 Å². The molecule has 4 aliphatic heterocycles. The number of hydrogen-bond acceptors (Lipinski definition) is 6. The van der Waals surface area contributed by atoms with Crippen molar-refractivity contribution in [3.63, 3.8) is 0 Å². The molecule has 9 heteroatoms. The van der Waals surface area contributed by atoms with Gasteiger partial charge in [-0.25, -0.2) is 4.79 Å². The molecular formula is C29H33N3O6. The van der Waals surface area contributed by atoms with E-state index in [1.165, 1.54) is 0 Å². The first-order chi connectivity index (χ1) is 18.6. The molecule has 4 heterocycles. The van der Waals surface area contributed by atoms with Crippen molar-refractivity contribution in [3.8, 4) is 11.5 Å². The number of rotatable bonds is 6. The fourth-order valence-electron chi connectivity index (χ4n) is 6.56. The molecule has 2 aromatic rings. The molecule has 200 valence electrons. The lowest BCUT2D eigenvalue weighted by molar-refractivity contribution is -0.123. The second-order valence-electron chi connectivity index (χ2n) is 10.6. The number of carbonyl (C=O) groups is 3. The van der Waals surface area contributed by atoms with Gasteiger partial charge >= 0.3 is 6.09 Å². The van der Waals surface area contributed by atoms with Crippen LogP contribution in [0.3, 0.4) is 0 Å². The minimum atomic E-state index is -0.324. The van der Waals surface area contributed by atoms with Gasteiger partial charge in [0.05, 0.1) is 18.4 Å². The molecule has 3 atom stereocenters. The van der Waals surface area contributed by atoms with Crippen molar-refractivity contribution in [1.29, 1.82) is 0 Å². The van der Waals surface area contributed by atoms with Crippen LogP contribution in [-0.4, -0.2) is 72.6 Å². The number of ether oxygens (including phenoxy) is 3. The zero-order valence-electron chi connectivity index (χ0n) is 21.6. The third-order valence-electron chi connectivity index (χ3n) is 8.49. The minimum absolute atomic E-state index is 0.0217. The van der Waals surface area contributed by atoms with E-state index in [4.69, 9.17) is 14.2 Å². The van der Waals surface area contributed by atoms with Crippen molar-refractivity contribution in [2.75, 3.05) is 25.1 Å². The van der Waals surface area contributed by atoms with Crippen LogP contribution in [-0.2, 0) is 16.1 Å². The molecule has 38 heavy (non-hydrogen) atoms. The van der Waals surface area contributed by atoms with E-state index >= 15 is 0 Å². The van der Waals surface area contributed by atoms with E-state index in [0.29, 0.717) is 49.6 Å². The van der Waals surface area contributed by atoms with E-state index in [0.717, 1.165) is 43.3 Å². The van der Waals surface area contributed by atoms with Gasteiger partial charge in [0.2, 0.25) is 6.41 Å². The number of anilines is 1. The fourth-order valence-corrected chi connectivity index (χ4v) is 6.56. The van der Waals surface area contributed by atoms with E-state index in [1.807, 2.05) is 40.1 Å². The number of hydrogen-bond donors (Lipinski definition) is 0. The van der Waals surface area contributed by atoms with Crippen LogP contribution in [0.4, 0.5) is 10.5 Å². The number of fused-ring (bicyclic) bond motifs is 3. The van der Waals surface area contributed by atoms with E-state index in [2.05, 4.69) is 0 Å². The predicted molar refractivity (Wildman–Crippen MR) is 139 cm³/mol. The maximum absolute atomic E-state index is 13.5. The Hall–Kier alpha value is -3.75. The second-order valence-corrected chi connectivity index (χ2v) is 10.6. The lowest BCUT2D eigenvalue weighted by atomic mass is 9.99. The second kappa shape index (κ2) is 10.2. The Bertz CT molecular complexity index is 1210. The van der Waals surface area contributed by atoms with Gasteiger partial charge < -0.3 is 24.0 Å². The Morgan fingerprint density at radius 1 is 1.00 bits per heavy atom. The summed E-state index contributed by atoms with van der Waals surface area (Å²) < 4.78 is 17.3. The van der Waals surface area contributed by atoms with Crippen LogP contribution in [0.15, 0.2) is 42.5 Å². The summed E-state index contributed by atoms with van der Waals surface area (Å²) in [5, 5.41) is 0. The Labute approximate surface area is 222 Å². The lowest BCUT2D eigenvalue weighted by Gasteiger charge is -2.40. The summed E-state index contributed by atoms with van der Waals surface area (Å²) in [7, 11) is 1.56. The number of methoxy groups -OCH3 is 1. The molecule has 3 fully saturated rings. The average molecular weight is 520 g/mol. The van der Waals surface area contributed by atoms with Crippen LogP contribution in [0.5, 0.6) is 11.5 Å². The minimum Gasteiger partial charge on any atom is -0.496 e. The molecule has 2 bridgehead atoms. The highest BCUT2D eigenvalue weighted by Crippen LogP contribution is 2.37. The van der Waals surface area contributed by atoms with Gasteiger partial charge in [0, 0.05) is 55.7 Å². The maximum atomic E-state index is 13.5. The average Bonchev–Trinajstić information content (AvgIpc) is 3.21. The number of para-hydroxylation sites is 1. The Morgan fingerprint density at radius 3 is 2.45 bits per heavy atom. The van der Waals surface area contributed by atoms with Crippen molar-refractivity contribution in [2.24, 2.45) is 0 Å². The first-order valence-corrected chi connectivity index (χ1v) is 13.5. The number of nitrogens with zero attached hydrogens (tertiary/aromatic N) is 3. The van der Waals surface area contributed by atoms with E-state index in [1.54, 1.807) is 24.1 Å². The highest BCUT2D eigenvalue weighted by molar-refractivity contribution is 5.97. The number of piperidine rings is 2. The van der Waals surface area contributed by atoms with Gasteiger partial charge in [-0.15, -0.1) is 0 Å². The fraction of sp³-hybridized carbons (Fsp3) is 0.483. The molecule has 0 spiro atoms. The molecular weight excluding hydrogens is 486 g/mol. The van der Waals surface area contributed by atoms with Crippen LogP contribution in [0, 0.1) is 0 Å². The predicted octanol–water partition coefficient (Wildman–Crippen LogP) is 3.99. The first kappa shape index (κ1) is 24.6. The van der Waals surface area contributed by atoms with Crippen molar-refractivity contribution in [2.45, 2.75) is 69.4 Å². The highest BCUT2D eigenvalue weighted by Gasteiger charge is 2.41. The van der Waals surface area contributed by atoms with Crippen molar-refractivity contribution >= 4 is 24.1 Å². The summed E-state index contributed by atoms with van der Waals surface area (Å²) >= 11 is 0. The molecule has 9 nitrogen and oxygen atoms in total. The van der Waals surface area contributed by atoms with Gasteiger partial charge in [-0.05, 0) is 43.9 Å². The van der Waals surface area contributed by atoms with Crippen LogP contribution in [0.2, 0.25) is 0 Å².